The second kappa shape index (κ2) is 7.78. The van der Waals surface area contributed by atoms with Crippen LogP contribution in [0, 0.1) is 11.3 Å². The van der Waals surface area contributed by atoms with Gasteiger partial charge in [-0.15, -0.1) is 0 Å². The van der Waals surface area contributed by atoms with Crippen molar-refractivity contribution in [2.45, 2.75) is 59.3 Å². The maximum Gasteiger partial charge on any atom is 0.220 e. The minimum atomic E-state index is 0.234. The average molecular weight is 254 g/mol. The van der Waals surface area contributed by atoms with Crippen LogP contribution in [0.25, 0.3) is 0 Å². The summed E-state index contributed by atoms with van der Waals surface area (Å²) in [6, 6.07) is 0. The van der Waals surface area contributed by atoms with E-state index >= 15 is 0 Å². The summed E-state index contributed by atoms with van der Waals surface area (Å²) in [4.78, 5) is 11.6. The molecule has 106 valence electrons. The number of carbonyl (C=O) groups is 1. The van der Waals surface area contributed by atoms with Gasteiger partial charge < -0.3 is 10.6 Å². The second-order valence-corrected chi connectivity index (χ2v) is 6.77. The van der Waals surface area contributed by atoms with Crippen molar-refractivity contribution in [3.63, 3.8) is 0 Å². The monoisotopic (exact) mass is 254 g/mol. The first-order chi connectivity index (χ1) is 8.47. The van der Waals surface area contributed by atoms with Gasteiger partial charge in [0.15, 0.2) is 0 Å². The lowest BCUT2D eigenvalue weighted by atomic mass is 9.90. The third-order valence-corrected chi connectivity index (χ3v) is 3.62. The van der Waals surface area contributed by atoms with Crippen molar-refractivity contribution < 1.29 is 4.79 Å². The van der Waals surface area contributed by atoms with Crippen LogP contribution in [-0.4, -0.2) is 25.5 Å². The van der Waals surface area contributed by atoms with E-state index in [1.165, 1.54) is 19.3 Å². The predicted molar refractivity (Wildman–Crippen MR) is 76.5 cm³/mol. The van der Waals surface area contributed by atoms with E-state index in [1.807, 2.05) is 0 Å². The van der Waals surface area contributed by atoms with Crippen LogP contribution in [0.2, 0.25) is 0 Å². The zero-order chi connectivity index (χ0) is 13.4. The molecule has 1 saturated heterocycles. The van der Waals surface area contributed by atoms with E-state index < -0.39 is 0 Å². The molecule has 3 heteroatoms. The predicted octanol–water partition coefficient (Wildman–Crippen LogP) is 2.71. The van der Waals surface area contributed by atoms with Gasteiger partial charge in [-0.2, -0.15) is 0 Å². The minimum Gasteiger partial charge on any atom is -0.356 e. The number of hydrogen-bond donors (Lipinski definition) is 2. The number of nitrogens with one attached hydrogen (secondary N) is 2. The summed E-state index contributed by atoms with van der Waals surface area (Å²) in [5, 5.41) is 6.37. The average Bonchev–Trinajstić information content (AvgIpc) is 2.77. The fourth-order valence-electron chi connectivity index (χ4n) is 2.39. The molecule has 2 N–H and O–H groups in total. The van der Waals surface area contributed by atoms with Crippen LogP contribution in [0.3, 0.4) is 0 Å². The third kappa shape index (κ3) is 7.70. The van der Waals surface area contributed by atoms with Gasteiger partial charge in [-0.25, -0.2) is 0 Å². The van der Waals surface area contributed by atoms with Gasteiger partial charge in [-0.3, -0.25) is 4.79 Å². The summed E-state index contributed by atoms with van der Waals surface area (Å²) >= 11 is 0. The highest BCUT2D eigenvalue weighted by Gasteiger charge is 2.15. The van der Waals surface area contributed by atoms with E-state index in [-0.39, 0.29) is 5.91 Å². The summed E-state index contributed by atoms with van der Waals surface area (Å²) in [5.41, 5.74) is 0.416. The van der Waals surface area contributed by atoms with E-state index in [4.69, 9.17) is 0 Å². The smallest absolute Gasteiger partial charge is 0.220 e. The fourth-order valence-corrected chi connectivity index (χ4v) is 2.39. The van der Waals surface area contributed by atoms with E-state index in [0.717, 1.165) is 38.4 Å². The van der Waals surface area contributed by atoms with Crippen LogP contribution in [-0.2, 0) is 4.79 Å². The van der Waals surface area contributed by atoms with E-state index in [9.17, 15) is 4.79 Å². The largest absolute Gasteiger partial charge is 0.356 e. The van der Waals surface area contributed by atoms with Gasteiger partial charge in [-0.05, 0) is 50.1 Å². The lowest BCUT2D eigenvalue weighted by Crippen LogP contribution is -2.25. The zero-order valence-corrected chi connectivity index (χ0v) is 12.3. The molecule has 18 heavy (non-hydrogen) atoms. The fraction of sp³-hybridized carbons (Fsp3) is 0.933. The second-order valence-electron chi connectivity index (χ2n) is 6.77. The van der Waals surface area contributed by atoms with E-state index in [1.54, 1.807) is 0 Å². The first-order valence-corrected chi connectivity index (χ1v) is 7.45. The van der Waals surface area contributed by atoms with Gasteiger partial charge in [0.05, 0.1) is 0 Å². The van der Waals surface area contributed by atoms with E-state index in [2.05, 4.69) is 31.4 Å². The molecule has 1 rings (SSSR count). The van der Waals surface area contributed by atoms with Crippen LogP contribution in [0.4, 0.5) is 0 Å². The third-order valence-electron chi connectivity index (χ3n) is 3.62. The van der Waals surface area contributed by atoms with Gasteiger partial charge in [0.25, 0.3) is 0 Å². The first-order valence-electron chi connectivity index (χ1n) is 7.45. The summed E-state index contributed by atoms with van der Waals surface area (Å²) in [5.74, 6) is 0.953. The maximum absolute atomic E-state index is 11.6. The van der Waals surface area contributed by atoms with Crippen molar-refractivity contribution in [3.8, 4) is 0 Å². The SMILES string of the molecule is CC(C)(C)CCCCNC(=O)CCC1CCNC1. The summed E-state index contributed by atoms with van der Waals surface area (Å²) in [7, 11) is 0. The number of carbonyl (C=O) groups excluding carboxylic acids is 1. The molecule has 0 aromatic heterocycles. The number of hydrogen-bond acceptors (Lipinski definition) is 2. The number of amides is 1. The molecule has 0 aromatic rings. The Morgan fingerprint density at radius 1 is 1.33 bits per heavy atom. The molecule has 0 saturated carbocycles. The Morgan fingerprint density at radius 3 is 2.72 bits per heavy atom. The Kier molecular flexibility index (Phi) is 6.69. The van der Waals surface area contributed by atoms with Crippen molar-refractivity contribution in [1.82, 2.24) is 10.6 Å². The van der Waals surface area contributed by atoms with Crippen LogP contribution in [0.5, 0.6) is 0 Å². The van der Waals surface area contributed by atoms with Crippen LogP contribution in [0.15, 0.2) is 0 Å². The van der Waals surface area contributed by atoms with Gasteiger partial charge in [0, 0.05) is 13.0 Å². The molecule has 1 unspecified atom stereocenters. The molecule has 0 aromatic carbocycles. The normalized spacial score (nSPS) is 20.1. The Bertz CT molecular complexity index is 239. The van der Waals surface area contributed by atoms with Crippen molar-refractivity contribution in [2.75, 3.05) is 19.6 Å². The molecular weight excluding hydrogens is 224 g/mol. The van der Waals surface area contributed by atoms with Crippen molar-refractivity contribution in [2.24, 2.45) is 11.3 Å². The molecule has 0 bridgehead atoms. The molecule has 3 nitrogen and oxygen atoms in total. The Labute approximate surface area is 112 Å². The minimum absolute atomic E-state index is 0.234. The van der Waals surface area contributed by atoms with E-state index in [0.29, 0.717) is 11.8 Å². The lowest BCUT2D eigenvalue weighted by molar-refractivity contribution is -0.121. The van der Waals surface area contributed by atoms with Crippen molar-refractivity contribution >= 4 is 5.91 Å². The molecular formula is C15H30N2O. The van der Waals surface area contributed by atoms with Gasteiger partial charge in [-0.1, -0.05) is 27.2 Å². The molecule has 1 aliphatic rings. The highest BCUT2D eigenvalue weighted by molar-refractivity contribution is 5.75. The molecule has 1 atom stereocenters. The highest BCUT2D eigenvalue weighted by atomic mass is 16.1. The van der Waals surface area contributed by atoms with Crippen molar-refractivity contribution in [1.29, 1.82) is 0 Å². The molecule has 0 spiro atoms. The number of rotatable bonds is 7. The Hall–Kier alpha value is -0.570. The van der Waals surface area contributed by atoms with Crippen LogP contribution in [0.1, 0.15) is 59.3 Å². The van der Waals surface area contributed by atoms with Gasteiger partial charge in [0.1, 0.15) is 0 Å². The van der Waals surface area contributed by atoms with Crippen molar-refractivity contribution in [3.05, 3.63) is 0 Å². The highest BCUT2D eigenvalue weighted by Crippen LogP contribution is 2.21. The summed E-state index contributed by atoms with van der Waals surface area (Å²) in [6.45, 7) is 9.86. The molecule has 0 radical (unpaired) electrons. The maximum atomic E-state index is 11.6. The van der Waals surface area contributed by atoms with Gasteiger partial charge in [0.2, 0.25) is 5.91 Å². The molecule has 0 aliphatic carbocycles. The lowest BCUT2D eigenvalue weighted by Gasteiger charge is -2.17. The standard InChI is InChI=1S/C15H30N2O/c1-15(2,3)9-4-5-10-17-14(18)7-6-13-8-11-16-12-13/h13,16H,4-12H2,1-3H3,(H,17,18). The molecule has 1 heterocycles. The van der Waals surface area contributed by atoms with Gasteiger partial charge >= 0.3 is 0 Å². The van der Waals surface area contributed by atoms with Crippen LogP contribution >= 0.6 is 0 Å². The number of unbranched alkanes of at least 4 members (excludes halogenated alkanes) is 1. The topological polar surface area (TPSA) is 41.1 Å². The molecule has 1 aliphatic heterocycles. The van der Waals surface area contributed by atoms with Crippen LogP contribution < -0.4 is 10.6 Å². The molecule has 1 amide bonds. The summed E-state index contributed by atoms with van der Waals surface area (Å²) < 4.78 is 0. The quantitative estimate of drug-likeness (QED) is 0.686. The first kappa shape index (κ1) is 15.5. The molecule has 1 fully saturated rings. The zero-order valence-electron chi connectivity index (χ0n) is 12.3. The Balaban J connectivity index is 1.93. The Morgan fingerprint density at radius 2 is 2.11 bits per heavy atom. The summed E-state index contributed by atoms with van der Waals surface area (Å²) in [6.07, 6.45) is 6.52.